The summed E-state index contributed by atoms with van der Waals surface area (Å²) in [5.74, 6) is 0.658. The Morgan fingerprint density at radius 1 is 1.57 bits per heavy atom. The SMILES string of the molecule is CCCC1CC1(N)c1cccc(Cl)c1. The summed E-state index contributed by atoms with van der Waals surface area (Å²) in [4.78, 5) is 0. The molecule has 0 heterocycles. The Balaban J connectivity index is 2.17. The molecule has 2 unspecified atom stereocenters. The summed E-state index contributed by atoms with van der Waals surface area (Å²) in [5.41, 5.74) is 7.42. The molecule has 0 aliphatic heterocycles. The molecule has 0 bridgehead atoms. The molecule has 0 saturated heterocycles. The monoisotopic (exact) mass is 209 g/mol. The zero-order valence-corrected chi connectivity index (χ0v) is 9.22. The number of hydrogen-bond donors (Lipinski definition) is 1. The minimum atomic E-state index is -0.0824. The zero-order valence-electron chi connectivity index (χ0n) is 8.46. The Hall–Kier alpha value is -0.530. The van der Waals surface area contributed by atoms with E-state index in [1.807, 2.05) is 18.2 Å². The van der Waals surface area contributed by atoms with E-state index in [9.17, 15) is 0 Å². The fourth-order valence-corrected chi connectivity index (χ4v) is 2.38. The van der Waals surface area contributed by atoms with E-state index in [0.717, 1.165) is 11.4 Å². The summed E-state index contributed by atoms with van der Waals surface area (Å²) in [5, 5.41) is 0.787. The van der Waals surface area contributed by atoms with Crippen molar-refractivity contribution < 1.29 is 0 Å². The molecular formula is C12H16ClN. The smallest absolute Gasteiger partial charge is 0.0443 e. The van der Waals surface area contributed by atoms with E-state index < -0.39 is 0 Å². The highest BCUT2D eigenvalue weighted by Gasteiger charge is 2.51. The van der Waals surface area contributed by atoms with Gasteiger partial charge in [-0.3, -0.25) is 0 Å². The van der Waals surface area contributed by atoms with Gasteiger partial charge < -0.3 is 5.73 Å². The van der Waals surface area contributed by atoms with E-state index >= 15 is 0 Å². The lowest BCUT2D eigenvalue weighted by Gasteiger charge is -2.11. The van der Waals surface area contributed by atoms with Crippen molar-refractivity contribution in [3.05, 3.63) is 34.9 Å². The predicted molar refractivity (Wildman–Crippen MR) is 60.3 cm³/mol. The van der Waals surface area contributed by atoms with Crippen LogP contribution in [-0.4, -0.2) is 0 Å². The van der Waals surface area contributed by atoms with E-state index in [0.29, 0.717) is 5.92 Å². The average molecular weight is 210 g/mol. The second kappa shape index (κ2) is 3.56. The quantitative estimate of drug-likeness (QED) is 0.812. The first-order valence-corrected chi connectivity index (χ1v) is 5.59. The number of nitrogens with two attached hydrogens (primary N) is 1. The summed E-state index contributed by atoms with van der Waals surface area (Å²) < 4.78 is 0. The largest absolute Gasteiger partial charge is 0.321 e. The van der Waals surface area contributed by atoms with Crippen molar-refractivity contribution in [2.24, 2.45) is 11.7 Å². The zero-order chi connectivity index (χ0) is 10.2. The van der Waals surface area contributed by atoms with Gasteiger partial charge in [0.1, 0.15) is 0 Å². The topological polar surface area (TPSA) is 26.0 Å². The minimum Gasteiger partial charge on any atom is -0.321 e. The normalized spacial score (nSPS) is 30.4. The van der Waals surface area contributed by atoms with Crippen LogP contribution < -0.4 is 5.73 Å². The third-order valence-corrected chi connectivity index (χ3v) is 3.39. The molecule has 2 rings (SSSR count). The molecule has 1 aliphatic carbocycles. The molecule has 1 aromatic rings. The van der Waals surface area contributed by atoms with Crippen molar-refractivity contribution in [3.8, 4) is 0 Å². The van der Waals surface area contributed by atoms with E-state index in [4.69, 9.17) is 17.3 Å². The Labute approximate surface area is 90.3 Å². The van der Waals surface area contributed by atoms with Crippen LogP contribution in [-0.2, 0) is 5.54 Å². The molecule has 0 aromatic heterocycles. The van der Waals surface area contributed by atoms with E-state index in [1.165, 1.54) is 18.4 Å². The van der Waals surface area contributed by atoms with E-state index in [1.54, 1.807) is 0 Å². The summed E-state index contributed by atoms with van der Waals surface area (Å²) in [6.07, 6.45) is 3.55. The van der Waals surface area contributed by atoms with Crippen LogP contribution in [0.2, 0.25) is 5.02 Å². The molecule has 1 saturated carbocycles. The van der Waals surface area contributed by atoms with E-state index in [-0.39, 0.29) is 5.54 Å². The average Bonchev–Trinajstić information content (AvgIpc) is 2.79. The molecule has 76 valence electrons. The number of rotatable bonds is 3. The van der Waals surface area contributed by atoms with Gasteiger partial charge in [0.2, 0.25) is 0 Å². The molecule has 1 nitrogen and oxygen atoms in total. The van der Waals surface area contributed by atoms with Crippen molar-refractivity contribution in [1.29, 1.82) is 0 Å². The van der Waals surface area contributed by atoms with E-state index in [2.05, 4.69) is 13.0 Å². The van der Waals surface area contributed by atoms with Gasteiger partial charge in [0, 0.05) is 10.6 Å². The lowest BCUT2D eigenvalue weighted by molar-refractivity contribution is 0.583. The van der Waals surface area contributed by atoms with Gasteiger partial charge >= 0.3 is 0 Å². The van der Waals surface area contributed by atoms with Gasteiger partial charge in [0.15, 0.2) is 0 Å². The molecule has 1 aliphatic rings. The maximum atomic E-state index is 6.31. The summed E-state index contributed by atoms with van der Waals surface area (Å²) in [6, 6.07) is 7.96. The molecule has 0 radical (unpaired) electrons. The fraction of sp³-hybridized carbons (Fsp3) is 0.500. The van der Waals surface area contributed by atoms with Crippen molar-refractivity contribution >= 4 is 11.6 Å². The highest BCUT2D eigenvalue weighted by molar-refractivity contribution is 6.30. The maximum Gasteiger partial charge on any atom is 0.0443 e. The molecule has 2 N–H and O–H groups in total. The van der Waals surface area contributed by atoms with Gasteiger partial charge in [-0.15, -0.1) is 0 Å². The summed E-state index contributed by atoms with van der Waals surface area (Å²) in [6.45, 7) is 2.21. The lowest BCUT2D eigenvalue weighted by atomic mass is 10.0. The minimum absolute atomic E-state index is 0.0824. The van der Waals surface area contributed by atoms with Crippen molar-refractivity contribution in [2.75, 3.05) is 0 Å². The van der Waals surface area contributed by atoms with Crippen LogP contribution in [0.25, 0.3) is 0 Å². The maximum absolute atomic E-state index is 6.31. The summed E-state index contributed by atoms with van der Waals surface area (Å²) >= 11 is 5.95. The number of hydrogen-bond acceptors (Lipinski definition) is 1. The molecule has 2 atom stereocenters. The van der Waals surface area contributed by atoms with Crippen molar-refractivity contribution in [3.63, 3.8) is 0 Å². The van der Waals surface area contributed by atoms with Gasteiger partial charge in [-0.25, -0.2) is 0 Å². The van der Waals surface area contributed by atoms with Crippen LogP contribution in [0.15, 0.2) is 24.3 Å². The Morgan fingerprint density at radius 3 is 3.00 bits per heavy atom. The first-order chi connectivity index (χ1) is 6.66. The van der Waals surface area contributed by atoms with Crippen LogP contribution >= 0.6 is 11.6 Å². The van der Waals surface area contributed by atoms with Gasteiger partial charge in [-0.05, 0) is 36.5 Å². The summed E-state index contributed by atoms with van der Waals surface area (Å²) in [7, 11) is 0. The Kier molecular flexibility index (Phi) is 2.54. The first kappa shape index (κ1) is 10.0. The third kappa shape index (κ3) is 1.67. The first-order valence-electron chi connectivity index (χ1n) is 5.21. The van der Waals surface area contributed by atoms with Crippen molar-refractivity contribution in [1.82, 2.24) is 0 Å². The van der Waals surface area contributed by atoms with Crippen LogP contribution in [0.5, 0.6) is 0 Å². The molecule has 2 heteroatoms. The van der Waals surface area contributed by atoms with Crippen LogP contribution in [0.1, 0.15) is 31.7 Å². The van der Waals surface area contributed by atoms with Crippen LogP contribution in [0, 0.1) is 5.92 Å². The Bertz CT molecular complexity index is 337. The standard InChI is InChI=1S/C12H16ClN/c1-2-4-10-8-12(10,14)9-5-3-6-11(13)7-9/h3,5-7,10H,2,4,8,14H2,1H3. The third-order valence-electron chi connectivity index (χ3n) is 3.15. The van der Waals surface area contributed by atoms with Gasteiger partial charge in [-0.1, -0.05) is 37.1 Å². The van der Waals surface area contributed by atoms with Crippen molar-refractivity contribution in [2.45, 2.75) is 31.7 Å². The highest BCUT2D eigenvalue weighted by atomic mass is 35.5. The van der Waals surface area contributed by atoms with Crippen LogP contribution in [0.3, 0.4) is 0 Å². The lowest BCUT2D eigenvalue weighted by Crippen LogP contribution is -2.22. The number of halogens is 1. The molecule has 0 amide bonds. The molecule has 1 fully saturated rings. The molecule has 14 heavy (non-hydrogen) atoms. The fourth-order valence-electron chi connectivity index (χ4n) is 2.19. The predicted octanol–water partition coefficient (Wildman–Crippen LogP) is 3.31. The second-order valence-corrected chi connectivity index (χ2v) is 4.68. The molecule has 0 spiro atoms. The Morgan fingerprint density at radius 2 is 2.36 bits per heavy atom. The van der Waals surface area contributed by atoms with Gasteiger partial charge in [0.25, 0.3) is 0 Å². The molecular weight excluding hydrogens is 194 g/mol. The number of benzene rings is 1. The molecule has 1 aromatic carbocycles. The van der Waals surface area contributed by atoms with Gasteiger partial charge in [0.05, 0.1) is 0 Å². The highest BCUT2D eigenvalue weighted by Crippen LogP contribution is 2.52. The van der Waals surface area contributed by atoms with Crippen LogP contribution in [0.4, 0.5) is 0 Å². The van der Waals surface area contributed by atoms with Gasteiger partial charge in [-0.2, -0.15) is 0 Å². The second-order valence-electron chi connectivity index (χ2n) is 4.24.